The largest absolute Gasteiger partial charge is 0.481 e. The van der Waals surface area contributed by atoms with Gasteiger partial charge in [0.05, 0.1) is 25.0 Å². The zero-order chi connectivity index (χ0) is 15.2. The van der Waals surface area contributed by atoms with Gasteiger partial charge >= 0.3 is 6.61 Å². The highest BCUT2D eigenvalue weighted by molar-refractivity contribution is 5.47. The Balaban J connectivity index is 2.13. The third kappa shape index (κ3) is 4.05. The summed E-state index contributed by atoms with van der Waals surface area (Å²) in [4.78, 5) is 4.08. The van der Waals surface area contributed by atoms with Crippen molar-refractivity contribution in [3.05, 3.63) is 48.2 Å². The van der Waals surface area contributed by atoms with E-state index in [0.29, 0.717) is 11.4 Å². The van der Waals surface area contributed by atoms with Crippen molar-refractivity contribution in [1.82, 2.24) is 4.98 Å². The number of alkyl halides is 2. The second kappa shape index (κ2) is 6.88. The molecule has 1 N–H and O–H groups in total. The first-order valence-corrected chi connectivity index (χ1v) is 6.40. The lowest BCUT2D eigenvalue weighted by atomic mass is 10.1. The number of rotatable bonds is 6. The highest BCUT2D eigenvalue weighted by Crippen LogP contribution is 2.28. The summed E-state index contributed by atoms with van der Waals surface area (Å²) in [6.07, 6.45) is 1.62. The number of hydrogen-bond donors (Lipinski definition) is 1. The van der Waals surface area contributed by atoms with Gasteiger partial charge in [-0.25, -0.2) is 4.98 Å². The van der Waals surface area contributed by atoms with Gasteiger partial charge < -0.3 is 14.8 Å². The number of anilines is 1. The molecule has 21 heavy (non-hydrogen) atoms. The first kappa shape index (κ1) is 15.0. The van der Waals surface area contributed by atoms with Gasteiger partial charge in [0.1, 0.15) is 5.75 Å². The molecule has 4 nitrogen and oxygen atoms in total. The number of pyridine rings is 1. The normalized spacial score (nSPS) is 12.0. The SMILES string of the molecule is COc1ccc(NC(C)c2ccccc2OC(F)F)cn1. The van der Waals surface area contributed by atoms with Gasteiger partial charge in [-0.15, -0.1) is 0 Å². The van der Waals surface area contributed by atoms with Gasteiger partial charge in [0.25, 0.3) is 0 Å². The number of hydrogen-bond acceptors (Lipinski definition) is 4. The second-order valence-corrected chi connectivity index (χ2v) is 4.37. The number of nitrogens with one attached hydrogen (secondary N) is 1. The third-order valence-electron chi connectivity index (χ3n) is 2.93. The molecule has 1 aromatic heterocycles. The first-order chi connectivity index (χ1) is 10.1. The van der Waals surface area contributed by atoms with E-state index in [2.05, 4.69) is 15.0 Å². The number of para-hydroxylation sites is 1. The number of ether oxygens (including phenoxy) is 2. The van der Waals surface area contributed by atoms with Crippen molar-refractivity contribution < 1.29 is 18.3 Å². The topological polar surface area (TPSA) is 43.4 Å². The molecule has 1 heterocycles. The molecule has 0 fully saturated rings. The van der Waals surface area contributed by atoms with Crippen LogP contribution in [0.25, 0.3) is 0 Å². The fraction of sp³-hybridized carbons (Fsp3) is 0.267. The van der Waals surface area contributed by atoms with E-state index in [4.69, 9.17) is 4.74 Å². The van der Waals surface area contributed by atoms with Gasteiger partial charge in [-0.1, -0.05) is 18.2 Å². The average Bonchev–Trinajstić information content (AvgIpc) is 2.48. The van der Waals surface area contributed by atoms with Crippen molar-refractivity contribution in [3.63, 3.8) is 0 Å². The Kier molecular flexibility index (Phi) is 4.92. The molecule has 0 amide bonds. The summed E-state index contributed by atoms with van der Waals surface area (Å²) in [5.74, 6) is 0.670. The van der Waals surface area contributed by atoms with Crippen LogP contribution in [0.5, 0.6) is 11.6 Å². The van der Waals surface area contributed by atoms with Crippen LogP contribution in [-0.2, 0) is 0 Å². The maximum Gasteiger partial charge on any atom is 0.387 e. The van der Waals surface area contributed by atoms with Crippen LogP contribution >= 0.6 is 0 Å². The summed E-state index contributed by atoms with van der Waals surface area (Å²) < 4.78 is 34.3. The molecule has 0 spiro atoms. The molecule has 1 atom stereocenters. The smallest absolute Gasteiger partial charge is 0.387 e. The Bertz CT molecular complexity index is 576. The van der Waals surface area contributed by atoms with E-state index >= 15 is 0 Å². The minimum Gasteiger partial charge on any atom is -0.481 e. The predicted molar refractivity (Wildman–Crippen MR) is 75.9 cm³/mol. The number of benzene rings is 1. The number of nitrogens with zero attached hydrogens (tertiary/aromatic N) is 1. The highest BCUT2D eigenvalue weighted by Gasteiger charge is 2.14. The van der Waals surface area contributed by atoms with Crippen molar-refractivity contribution in [2.75, 3.05) is 12.4 Å². The van der Waals surface area contributed by atoms with Crippen LogP contribution in [0.1, 0.15) is 18.5 Å². The molecule has 0 aliphatic carbocycles. The van der Waals surface area contributed by atoms with Crippen molar-refractivity contribution >= 4 is 5.69 Å². The first-order valence-electron chi connectivity index (χ1n) is 6.40. The minimum atomic E-state index is -2.85. The van der Waals surface area contributed by atoms with E-state index in [0.717, 1.165) is 5.69 Å². The summed E-state index contributed by atoms with van der Waals surface area (Å²) in [5.41, 5.74) is 1.41. The van der Waals surface area contributed by atoms with Crippen molar-refractivity contribution in [3.8, 4) is 11.6 Å². The molecule has 2 rings (SSSR count). The van der Waals surface area contributed by atoms with Gasteiger partial charge in [-0.05, 0) is 19.1 Å². The van der Waals surface area contributed by atoms with E-state index in [-0.39, 0.29) is 11.8 Å². The Morgan fingerprint density at radius 3 is 2.52 bits per heavy atom. The average molecular weight is 294 g/mol. The summed E-state index contributed by atoms with van der Waals surface area (Å²) in [7, 11) is 1.54. The standard InChI is InChI=1S/C15H16F2N2O2/c1-10(19-11-7-8-14(20-2)18-9-11)12-5-3-4-6-13(12)21-15(16)17/h3-10,15,19H,1-2H3. The monoisotopic (exact) mass is 294 g/mol. The number of methoxy groups -OCH3 is 1. The molecule has 0 aliphatic heterocycles. The van der Waals surface area contributed by atoms with E-state index in [1.54, 1.807) is 36.5 Å². The minimum absolute atomic E-state index is 0.161. The van der Waals surface area contributed by atoms with Crippen LogP contribution in [0.3, 0.4) is 0 Å². The Hall–Kier alpha value is -2.37. The molecule has 0 bridgehead atoms. The third-order valence-corrected chi connectivity index (χ3v) is 2.93. The van der Waals surface area contributed by atoms with Crippen LogP contribution in [0.4, 0.5) is 14.5 Å². The number of aromatic nitrogens is 1. The lowest BCUT2D eigenvalue weighted by Crippen LogP contribution is -2.11. The van der Waals surface area contributed by atoms with Gasteiger partial charge in [0, 0.05) is 11.6 Å². The van der Waals surface area contributed by atoms with Gasteiger partial charge in [-0.3, -0.25) is 0 Å². The molecule has 0 aliphatic rings. The Morgan fingerprint density at radius 1 is 1.14 bits per heavy atom. The van der Waals surface area contributed by atoms with Crippen LogP contribution in [-0.4, -0.2) is 18.7 Å². The van der Waals surface area contributed by atoms with Gasteiger partial charge in [0.2, 0.25) is 5.88 Å². The highest BCUT2D eigenvalue weighted by atomic mass is 19.3. The molecule has 112 valence electrons. The van der Waals surface area contributed by atoms with Crippen molar-refractivity contribution in [2.45, 2.75) is 19.6 Å². The fourth-order valence-electron chi connectivity index (χ4n) is 1.96. The maximum absolute atomic E-state index is 12.4. The molecule has 0 radical (unpaired) electrons. The van der Waals surface area contributed by atoms with E-state index in [1.165, 1.54) is 13.2 Å². The van der Waals surface area contributed by atoms with Crippen LogP contribution in [0.2, 0.25) is 0 Å². The fourth-order valence-corrected chi connectivity index (χ4v) is 1.96. The molecule has 1 unspecified atom stereocenters. The van der Waals surface area contributed by atoms with Crippen LogP contribution in [0.15, 0.2) is 42.6 Å². The zero-order valence-electron chi connectivity index (χ0n) is 11.7. The van der Waals surface area contributed by atoms with E-state index in [1.807, 2.05) is 6.92 Å². The molecule has 6 heteroatoms. The summed E-state index contributed by atoms with van der Waals surface area (Å²) in [6, 6.07) is 10.0. The van der Waals surface area contributed by atoms with E-state index < -0.39 is 6.61 Å². The van der Waals surface area contributed by atoms with Gasteiger partial charge in [0.15, 0.2) is 0 Å². The quantitative estimate of drug-likeness (QED) is 0.878. The van der Waals surface area contributed by atoms with E-state index in [9.17, 15) is 8.78 Å². The van der Waals surface area contributed by atoms with Crippen LogP contribution in [0, 0.1) is 0 Å². The Labute approximate surface area is 121 Å². The van der Waals surface area contributed by atoms with Crippen molar-refractivity contribution in [1.29, 1.82) is 0 Å². The zero-order valence-corrected chi connectivity index (χ0v) is 11.7. The second-order valence-electron chi connectivity index (χ2n) is 4.37. The van der Waals surface area contributed by atoms with Gasteiger partial charge in [-0.2, -0.15) is 8.78 Å². The maximum atomic E-state index is 12.4. The number of halogens is 2. The lowest BCUT2D eigenvalue weighted by Gasteiger charge is -2.19. The predicted octanol–water partition coefficient (Wildman–Crippen LogP) is 3.86. The molecular formula is C15H16F2N2O2. The Morgan fingerprint density at radius 2 is 1.90 bits per heavy atom. The van der Waals surface area contributed by atoms with Crippen LogP contribution < -0.4 is 14.8 Å². The molecule has 0 saturated heterocycles. The summed E-state index contributed by atoms with van der Waals surface area (Å²) >= 11 is 0. The summed E-state index contributed by atoms with van der Waals surface area (Å²) in [5, 5.41) is 3.18. The molecule has 2 aromatic rings. The molecule has 1 aromatic carbocycles. The van der Waals surface area contributed by atoms with Crippen molar-refractivity contribution in [2.24, 2.45) is 0 Å². The lowest BCUT2D eigenvalue weighted by molar-refractivity contribution is -0.0505. The summed E-state index contributed by atoms with van der Waals surface area (Å²) in [6.45, 7) is -0.987. The molecule has 0 saturated carbocycles. The molecular weight excluding hydrogens is 278 g/mol.